The number of benzene rings is 2. The van der Waals surface area contributed by atoms with Crippen molar-refractivity contribution >= 4 is 34.6 Å². The van der Waals surface area contributed by atoms with E-state index in [1.165, 1.54) is 6.07 Å². The summed E-state index contributed by atoms with van der Waals surface area (Å²) in [6.45, 7) is 6.06. The molecule has 0 spiro atoms. The van der Waals surface area contributed by atoms with Crippen molar-refractivity contribution in [2.75, 3.05) is 29.9 Å². The van der Waals surface area contributed by atoms with Gasteiger partial charge in [0.15, 0.2) is 5.11 Å². The van der Waals surface area contributed by atoms with E-state index in [0.717, 1.165) is 38.1 Å². The second-order valence-electron chi connectivity index (χ2n) is 8.06. The molecule has 2 N–H and O–H groups in total. The Morgan fingerprint density at radius 1 is 1.16 bits per heavy atom. The van der Waals surface area contributed by atoms with Gasteiger partial charge < -0.3 is 15.0 Å². The van der Waals surface area contributed by atoms with Crippen LogP contribution in [0.1, 0.15) is 42.6 Å². The van der Waals surface area contributed by atoms with Crippen LogP contribution in [0.25, 0.3) is 0 Å². The molecule has 1 amide bonds. The molecule has 2 aromatic carbocycles. The van der Waals surface area contributed by atoms with Gasteiger partial charge in [-0.3, -0.25) is 10.1 Å². The van der Waals surface area contributed by atoms with Crippen molar-refractivity contribution < 1.29 is 22.7 Å². The maximum Gasteiger partial charge on any atom is 0.416 e. The first-order chi connectivity index (χ1) is 15.1. The summed E-state index contributed by atoms with van der Waals surface area (Å²) in [5, 5.41) is 5.24. The van der Waals surface area contributed by atoms with Crippen LogP contribution in [0.15, 0.2) is 42.5 Å². The summed E-state index contributed by atoms with van der Waals surface area (Å²) in [5.74, 6) is 0.410. The third-order valence-corrected chi connectivity index (χ3v) is 5.13. The minimum absolute atomic E-state index is 0.0803. The highest BCUT2D eigenvalue weighted by Crippen LogP contribution is 2.36. The molecule has 1 fully saturated rings. The van der Waals surface area contributed by atoms with E-state index in [1.807, 2.05) is 18.7 Å². The predicted molar refractivity (Wildman–Crippen MR) is 123 cm³/mol. The molecule has 1 saturated heterocycles. The first-order valence-electron chi connectivity index (χ1n) is 10.4. The molecule has 0 aliphatic carbocycles. The van der Waals surface area contributed by atoms with Crippen molar-refractivity contribution in [2.45, 2.75) is 32.9 Å². The van der Waals surface area contributed by atoms with E-state index in [9.17, 15) is 18.0 Å². The Morgan fingerprint density at radius 3 is 2.53 bits per heavy atom. The van der Waals surface area contributed by atoms with E-state index in [2.05, 4.69) is 10.6 Å². The third-order valence-electron chi connectivity index (χ3n) is 4.93. The molecule has 9 heteroatoms. The second kappa shape index (κ2) is 10.2. The molecule has 0 bridgehead atoms. The molecule has 0 unspecified atom stereocenters. The van der Waals surface area contributed by atoms with E-state index >= 15 is 0 Å². The van der Waals surface area contributed by atoms with Crippen molar-refractivity contribution in [1.82, 2.24) is 5.32 Å². The molecule has 0 saturated carbocycles. The van der Waals surface area contributed by atoms with Crippen molar-refractivity contribution in [2.24, 2.45) is 5.92 Å². The Bertz CT molecular complexity index is 973. The van der Waals surface area contributed by atoms with Gasteiger partial charge in [-0.1, -0.05) is 19.9 Å². The molecule has 32 heavy (non-hydrogen) atoms. The Morgan fingerprint density at radius 2 is 1.88 bits per heavy atom. The van der Waals surface area contributed by atoms with Crippen molar-refractivity contribution in [3.05, 3.63) is 53.6 Å². The number of hydrogen-bond acceptors (Lipinski definition) is 4. The molecule has 0 atom stereocenters. The average molecular weight is 466 g/mol. The number of ether oxygens (including phenoxy) is 1. The first-order valence-corrected chi connectivity index (χ1v) is 10.9. The van der Waals surface area contributed by atoms with Crippen LogP contribution in [0.4, 0.5) is 24.5 Å². The fourth-order valence-electron chi connectivity index (χ4n) is 3.37. The number of hydrogen-bond donors (Lipinski definition) is 2. The molecule has 1 aliphatic heterocycles. The molecule has 1 aliphatic rings. The number of amides is 1. The standard InChI is InChI=1S/C23H26F3N3O2S/c1-15(2)14-31-18-7-5-6-16(12-18)21(30)28-22(32)27-19-13-17(23(24,25)26)8-9-20(19)29-10-3-4-11-29/h5-9,12-13,15H,3-4,10-11,14H2,1-2H3,(H2,27,28,30,32). The summed E-state index contributed by atoms with van der Waals surface area (Å²) in [6, 6.07) is 10.2. The van der Waals surface area contributed by atoms with E-state index < -0.39 is 17.6 Å². The quantitative estimate of drug-likeness (QED) is 0.555. The zero-order chi connectivity index (χ0) is 23.3. The molecular formula is C23H26F3N3O2S. The van der Waals surface area contributed by atoms with Crippen molar-refractivity contribution in [3.8, 4) is 5.75 Å². The van der Waals surface area contributed by atoms with Crippen LogP contribution in [0, 0.1) is 5.92 Å². The van der Waals surface area contributed by atoms with Gasteiger partial charge in [0.2, 0.25) is 0 Å². The number of halogens is 3. The summed E-state index contributed by atoms with van der Waals surface area (Å²) in [6.07, 6.45) is -2.55. The molecule has 3 rings (SSSR count). The summed E-state index contributed by atoms with van der Waals surface area (Å²) >= 11 is 5.23. The van der Waals surface area contributed by atoms with Crippen LogP contribution in [0.3, 0.4) is 0 Å². The Kier molecular flexibility index (Phi) is 7.60. The van der Waals surface area contributed by atoms with Gasteiger partial charge in [0, 0.05) is 18.7 Å². The number of nitrogens with zero attached hydrogens (tertiary/aromatic N) is 1. The SMILES string of the molecule is CC(C)COc1cccc(C(=O)NC(=S)Nc2cc(C(F)(F)F)ccc2N2CCCC2)c1. The predicted octanol–water partition coefficient (Wildman–Crippen LogP) is 5.47. The highest BCUT2D eigenvalue weighted by Gasteiger charge is 2.32. The van der Waals surface area contributed by atoms with Gasteiger partial charge in [-0.15, -0.1) is 0 Å². The van der Waals surface area contributed by atoms with E-state index in [4.69, 9.17) is 17.0 Å². The number of carbonyl (C=O) groups excluding carboxylic acids is 1. The molecule has 2 aromatic rings. The number of alkyl halides is 3. The van der Waals surface area contributed by atoms with E-state index in [0.29, 0.717) is 29.5 Å². The fraction of sp³-hybridized carbons (Fsp3) is 0.391. The van der Waals surface area contributed by atoms with Gasteiger partial charge >= 0.3 is 6.18 Å². The maximum absolute atomic E-state index is 13.2. The third kappa shape index (κ3) is 6.35. The zero-order valence-corrected chi connectivity index (χ0v) is 18.8. The molecule has 0 aromatic heterocycles. The Labute approximate surface area is 190 Å². The van der Waals surface area contributed by atoms with Crippen LogP contribution in [-0.4, -0.2) is 30.7 Å². The van der Waals surface area contributed by atoms with Crippen molar-refractivity contribution in [1.29, 1.82) is 0 Å². The second-order valence-corrected chi connectivity index (χ2v) is 8.47. The summed E-state index contributed by atoms with van der Waals surface area (Å²) in [7, 11) is 0. The minimum atomic E-state index is -4.48. The topological polar surface area (TPSA) is 53.6 Å². The van der Waals surface area contributed by atoms with Gasteiger partial charge in [0.25, 0.3) is 5.91 Å². The van der Waals surface area contributed by atoms with Gasteiger partial charge in [-0.25, -0.2) is 0 Å². The van der Waals surface area contributed by atoms with Crippen molar-refractivity contribution in [3.63, 3.8) is 0 Å². The summed E-state index contributed by atoms with van der Waals surface area (Å²) in [4.78, 5) is 14.6. The molecule has 1 heterocycles. The lowest BCUT2D eigenvalue weighted by Gasteiger charge is -2.23. The molecular weight excluding hydrogens is 439 g/mol. The minimum Gasteiger partial charge on any atom is -0.493 e. The highest BCUT2D eigenvalue weighted by molar-refractivity contribution is 7.80. The molecule has 5 nitrogen and oxygen atoms in total. The van der Waals surface area contributed by atoms with Crippen LogP contribution in [0.5, 0.6) is 5.75 Å². The highest BCUT2D eigenvalue weighted by atomic mass is 32.1. The normalized spacial score (nSPS) is 13.9. The van der Waals surface area contributed by atoms with E-state index in [1.54, 1.807) is 24.3 Å². The average Bonchev–Trinajstić information content (AvgIpc) is 3.26. The monoisotopic (exact) mass is 465 g/mol. The van der Waals surface area contributed by atoms with E-state index in [-0.39, 0.29) is 10.8 Å². The van der Waals surface area contributed by atoms with Gasteiger partial charge in [0.1, 0.15) is 5.75 Å². The lowest BCUT2D eigenvalue weighted by atomic mass is 10.1. The van der Waals surface area contributed by atoms with Gasteiger partial charge in [0.05, 0.1) is 23.5 Å². The zero-order valence-electron chi connectivity index (χ0n) is 18.0. The van der Waals surface area contributed by atoms with Gasteiger partial charge in [-0.2, -0.15) is 13.2 Å². The Balaban J connectivity index is 1.73. The smallest absolute Gasteiger partial charge is 0.416 e. The number of anilines is 2. The van der Waals surface area contributed by atoms with Crippen LogP contribution < -0.4 is 20.3 Å². The molecule has 172 valence electrons. The summed E-state index contributed by atoms with van der Waals surface area (Å²) < 4.78 is 45.4. The number of nitrogens with one attached hydrogen (secondary N) is 2. The fourth-order valence-corrected chi connectivity index (χ4v) is 3.57. The number of carbonyl (C=O) groups is 1. The van der Waals surface area contributed by atoms with Crippen LogP contribution in [0.2, 0.25) is 0 Å². The van der Waals surface area contributed by atoms with Gasteiger partial charge in [-0.05, 0) is 67.4 Å². The number of thiocarbonyl (C=S) groups is 1. The largest absolute Gasteiger partial charge is 0.493 e. The molecule has 0 radical (unpaired) electrons. The lowest BCUT2D eigenvalue weighted by molar-refractivity contribution is -0.137. The number of rotatable bonds is 6. The van der Waals surface area contributed by atoms with Crippen LogP contribution >= 0.6 is 12.2 Å². The maximum atomic E-state index is 13.2. The summed E-state index contributed by atoms with van der Waals surface area (Å²) in [5.41, 5.74) is 0.378. The Hall–Kier alpha value is -2.81. The van der Waals surface area contributed by atoms with Crippen LogP contribution in [-0.2, 0) is 6.18 Å². The lowest BCUT2D eigenvalue weighted by Crippen LogP contribution is -2.34. The first kappa shape index (κ1) is 23.8.